The van der Waals surface area contributed by atoms with Gasteiger partial charge in [0.2, 0.25) is 0 Å². The lowest BCUT2D eigenvalue weighted by atomic mass is 9.92. The minimum absolute atomic E-state index is 0.527. The van der Waals surface area contributed by atoms with Gasteiger partial charge in [-0.2, -0.15) is 0 Å². The van der Waals surface area contributed by atoms with E-state index >= 15 is 0 Å². The van der Waals surface area contributed by atoms with Crippen molar-refractivity contribution in [1.29, 1.82) is 0 Å². The highest BCUT2D eigenvalue weighted by Gasteiger charge is 2.33. The highest BCUT2D eigenvalue weighted by Crippen LogP contribution is 2.45. The zero-order valence-corrected chi connectivity index (χ0v) is 10.2. The van der Waals surface area contributed by atoms with Crippen LogP contribution in [0.2, 0.25) is 0 Å². The molecule has 1 heterocycles. The third-order valence-electron chi connectivity index (χ3n) is 3.39. The first kappa shape index (κ1) is 10.7. The lowest BCUT2D eigenvalue weighted by Gasteiger charge is -2.10. The van der Waals surface area contributed by atoms with Gasteiger partial charge in [0.05, 0.1) is 5.69 Å². The van der Waals surface area contributed by atoms with Gasteiger partial charge in [0.15, 0.2) is 0 Å². The summed E-state index contributed by atoms with van der Waals surface area (Å²) in [6.07, 6.45) is 3.71. The van der Waals surface area contributed by atoms with Crippen molar-refractivity contribution < 1.29 is 4.52 Å². The van der Waals surface area contributed by atoms with E-state index in [0.29, 0.717) is 17.8 Å². The molecule has 1 aromatic rings. The average Bonchev–Trinajstić information content (AvgIpc) is 2.95. The normalized spacial score (nSPS) is 18.5. The van der Waals surface area contributed by atoms with Crippen LogP contribution in [0, 0.1) is 0 Å². The molecule has 2 heteroatoms. The summed E-state index contributed by atoms with van der Waals surface area (Å²) in [5, 5.41) is 4.29. The van der Waals surface area contributed by atoms with Crippen LogP contribution in [0.3, 0.4) is 0 Å². The number of hydrogen-bond donors (Lipinski definition) is 0. The van der Waals surface area contributed by atoms with Crippen LogP contribution < -0.4 is 0 Å². The van der Waals surface area contributed by atoms with Crippen molar-refractivity contribution in [2.45, 2.75) is 64.7 Å². The topological polar surface area (TPSA) is 26.0 Å². The molecule has 1 atom stereocenters. The monoisotopic (exact) mass is 207 g/mol. The number of rotatable bonds is 4. The molecule has 0 spiro atoms. The average molecular weight is 207 g/mol. The van der Waals surface area contributed by atoms with E-state index in [-0.39, 0.29) is 0 Å². The number of aromatic nitrogens is 1. The maximum Gasteiger partial charge on any atom is 0.143 e. The maximum absolute atomic E-state index is 5.55. The zero-order valence-electron chi connectivity index (χ0n) is 10.2. The second-order valence-corrected chi connectivity index (χ2v) is 5.08. The van der Waals surface area contributed by atoms with Crippen LogP contribution in [-0.4, -0.2) is 5.16 Å². The molecule has 2 nitrogen and oxygen atoms in total. The van der Waals surface area contributed by atoms with Crippen LogP contribution >= 0.6 is 0 Å². The molecular formula is C13H21NO. The Bertz CT molecular complexity index is 336. The molecule has 0 radical (unpaired) electrons. The Kier molecular flexibility index (Phi) is 2.85. The SMILES string of the molecule is CCC(C)c1noc(C2CC2)c1C(C)C. The van der Waals surface area contributed by atoms with E-state index in [0.717, 1.165) is 6.42 Å². The minimum Gasteiger partial charge on any atom is -0.361 e. The first-order valence-corrected chi connectivity index (χ1v) is 6.14. The van der Waals surface area contributed by atoms with E-state index < -0.39 is 0 Å². The van der Waals surface area contributed by atoms with Crippen LogP contribution in [0.25, 0.3) is 0 Å². The summed E-state index contributed by atoms with van der Waals surface area (Å²) in [5.74, 6) is 2.92. The molecule has 1 aliphatic carbocycles. The Morgan fingerprint density at radius 2 is 2.00 bits per heavy atom. The lowest BCUT2D eigenvalue weighted by molar-refractivity contribution is 0.373. The van der Waals surface area contributed by atoms with Crippen molar-refractivity contribution in [3.05, 3.63) is 17.0 Å². The second kappa shape index (κ2) is 3.99. The van der Waals surface area contributed by atoms with Crippen LogP contribution in [-0.2, 0) is 0 Å². The highest BCUT2D eigenvalue weighted by molar-refractivity contribution is 5.33. The van der Waals surface area contributed by atoms with Crippen molar-refractivity contribution in [3.8, 4) is 0 Å². The van der Waals surface area contributed by atoms with E-state index in [1.54, 1.807) is 0 Å². The summed E-state index contributed by atoms with van der Waals surface area (Å²) in [6.45, 7) is 8.93. The molecule has 15 heavy (non-hydrogen) atoms. The molecule has 1 aromatic heterocycles. The lowest BCUT2D eigenvalue weighted by Crippen LogP contribution is -2.00. The van der Waals surface area contributed by atoms with Gasteiger partial charge in [-0.15, -0.1) is 0 Å². The molecule has 1 aliphatic rings. The van der Waals surface area contributed by atoms with Gasteiger partial charge in [-0.25, -0.2) is 0 Å². The largest absolute Gasteiger partial charge is 0.361 e. The van der Waals surface area contributed by atoms with Crippen molar-refractivity contribution in [3.63, 3.8) is 0 Å². The van der Waals surface area contributed by atoms with E-state index in [1.165, 1.54) is 29.9 Å². The van der Waals surface area contributed by atoms with Crippen molar-refractivity contribution in [2.75, 3.05) is 0 Å². The summed E-state index contributed by atoms with van der Waals surface area (Å²) >= 11 is 0. The zero-order chi connectivity index (χ0) is 11.0. The minimum atomic E-state index is 0.527. The molecule has 0 aliphatic heterocycles. The Balaban J connectivity index is 2.37. The molecule has 1 saturated carbocycles. The third kappa shape index (κ3) is 1.95. The summed E-state index contributed by atoms with van der Waals surface area (Å²) in [5.41, 5.74) is 2.60. The van der Waals surface area contributed by atoms with Crippen LogP contribution in [0.15, 0.2) is 4.52 Å². The van der Waals surface area contributed by atoms with E-state index in [9.17, 15) is 0 Å². The molecule has 84 valence electrons. The van der Waals surface area contributed by atoms with Crippen LogP contribution in [0.5, 0.6) is 0 Å². The Hall–Kier alpha value is -0.790. The molecule has 2 rings (SSSR count). The molecule has 0 amide bonds. The molecule has 0 N–H and O–H groups in total. The van der Waals surface area contributed by atoms with Crippen LogP contribution in [0.1, 0.15) is 81.7 Å². The van der Waals surface area contributed by atoms with Crippen molar-refractivity contribution >= 4 is 0 Å². The van der Waals surface area contributed by atoms with Gasteiger partial charge in [0.1, 0.15) is 5.76 Å². The molecule has 1 unspecified atom stereocenters. The predicted molar refractivity (Wildman–Crippen MR) is 61.3 cm³/mol. The van der Waals surface area contributed by atoms with E-state index in [1.807, 2.05) is 0 Å². The van der Waals surface area contributed by atoms with Gasteiger partial charge in [-0.3, -0.25) is 0 Å². The number of nitrogens with zero attached hydrogens (tertiary/aromatic N) is 1. The summed E-state index contributed by atoms with van der Waals surface area (Å²) < 4.78 is 5.55. The second-order valence-electron chi connectivity index (χ2n) is 5.08. The van der Waals surface area contributed by atoms with Crippen molar-refractivity contribution in [2.24, 2.45) is 0 Å². The van der Waals surface area contributed by atoms with E-state index in [4.69, 9.17) is 4.52 Å². The quantitative estimate of drug-likeness (QED) is 0.740. The first-order chi connectivity index (χ1) is 7.15. The van der Waals surface area contributed by atoms with Gasteiger partial charge in [-0.05, 0) is 25.2 Å². The van der Waals surface area contributed by atoms with Gasteiger partial charge < -0.3 is 4.52 Å². The molecular weight excluding hydrogens is 186 g/mol. The van der Waals surface area contributed by atoms with Crippen molar-refractivity contribution in [1.82, 2.24) is 5.16 Å². The van der Waals surface area contributed by atoms with Gasteiger partial charge >= 0.3 is 0 Å². The Morgan fingerprint density at radius 3 is 2.47 bits per heavy atom. The first-order valence-electron chi connectivity index (χ1n) is 6.14. The molecule has 1 fully saturated rings. The van der Waals surface area contributed by atoms with Gasteiger partial charge in [-0.1, -0.05) is 32.9 Å². The standard InChI is InChI=1S/C13H21NO/c1-5-9(4)12-11(8(2)3)13(15-14-12)10-6-7-10/h8-10H,5-7H2,1-4H3. The summed E-state index contributed by atoms with van der Waals surface area (Å²) in [4.78, 5) is 0. The van der Waals surface area contributed by atoms with E-state index in [2.05, 4.69) is 32.9 Å². The van der Waals surface area contributed by atoms with Crippen LogP contribution in [0.4, 0.5) is 0 Å². The Morgan fingerprint density at radius 1 is 1.33 bits per heavy atom. The molecule has 0 aromatic carbocycles. The van der Waals surface area contributed by atoms with Gasteiger partial charge in [0, 0.05) is 17.4 Å². The third-order valence-corrected chi connectivity index (χ3v) is 3.39. The molecule has 0 saturated heterocycles. The fourth-order valence-electron chi connectivity index (χ4n) is 2.09. The maximum atomic E-state index is 5.55. The smallest absolute Gasteiger partial charge is 0.143 e. The molecule has 0 bridgehead atoms. The predicted octanol–water partition coefficient (Wildman–Crippen LogP) is 4.19. The summed E-state index contributed by atoms with van der Waals surface area (Å²) in [7, 11) is 0. The number of hydrogen-bond acceptors (Lipinski definition) is 2. The van der Waals surface area contributed by atoms with Gasteiger partial charge in [0.25, 0.3) is 0 Å². The summed E-state index contributed by atoms with van der Waals surface area (Å²) in [6, 6.07) is 0. The fraction of sp³-hybridized carbons (Fsp3) is 0.769. The Labute approximate surface area is 92.0 Å². The highest BCUT2D eigenvalue weighted by atomic mass is 16.5. The fourth-order valence-corrected chi connectivity index (χ4v) is 2.09.